The van der Waals surface area contributed by atoms with Crippen molar-refractivity contribution in [2.75, 3.05) is 5.75 Å². The van der Waals surface area contributed by atoms with Crippen LogP contribution < -0.4 is 0 Å². The minimum atomic E-state index is -0.239. The van der Waals surface area contributed by atoms with E-state index in [0.717, 1.165) is 17.9 Å². The van der Waals surface area contributed by atoms with E-state index in [1.54, 1.807) is 11.8 Å². The van der Waals surface area contributed by atoms with E-state index in [2.05, 4.69) is 4.98 Å². The van der Waals surface area contributed by atoms with Gasteiger partial charge in [0, 0.05) is 23.7 Å². The van der Waals surface area contributed by atoms with Gasteiger partial charge in [-0.25, -0.2) is 0 Å². The first-order valence-corrected chi connectivity index (χ1v) is 8.86. The quantitative estimate of drug-likeness (QED) is 0.863. The zero-order valence-corrected chi connectivity index (χ0v) is 14.5. The van der Waals surface area contributed by atoms with Crippen molar-refractivity contribution in [2.45, 2.75) is 38.8 Å². The lowest BCUT2D eigenvalue weighted by molar-refractivity contribution is -0.128. The second-order valence-corrected chi connectivity index (χ2v) is 6.77. The first kappa shape index (κ1) is 16.9. The number of aliphatic hydroxyl groups is 1. The molecule has 24 heavy (non-hydrogen) atoms. The molecule has 128 valence electrons. The van der Waals surface area contributed by atoms with E-state index in [4.69, 9.17) is 4.42 Å². The molecule has 2 N–H and O–H groups in total. The number of furan rings is 1. The SMILES string of the molecule is CCc1ccc(C2SCC(=O)N2Cc2c(CO)cnc(C)c2O)o1. The molecule has 1 atom stereocenters. The van der Waals surface area contributed by atoms with Crippen LogP contribution in [0.1, 0.15) is 40.6 Å². The molecule has 2 aromatic heterocycles. The first-order valence-electron chi connectivity index (χ1n) is 7.82. The van der Waals surface area contributed by atoms with Gasteiger partial charge in [0.2, 0.25) is 5.91 Å². The minimum absolute atomic E-state index is 0.0165. The Morgan fingerprint density at radius 2 is 2.25 bits per heavy atom. The summed E-state index contributed by atoms with van der Waals surface area (Å²) in [6.07, 6.45) is 2.33. The van der Waals surface area contributed by atoms with Gasteiger partial charge in [-0.15, -0.1) is 11.8 Å². The van der Waals surface area contributed by atoms with Gasteiger partial charge in [0.05, 0.1) is 24.6 Å². The van der Waals surface area contributed by atoms with Crippen LogP contribution in [0.2, 0.25) is 0 Å². The Morgan fingerprint density at radius 1 is 1.46 bits per heavy atom. The number of hydrogen-bond acceptors (Lipinski definition) is 6. The smallest absolute Gasteiger partial charge is 0.234 e. The van der Waals surface area contributed by atoms with Gasteiger partial charge in [-0.3, -0.25) is 9.78 Å². The zero-order valence-electron chi connectivity index (χ0n) is 13.7. The summed E-state index contributed by atoms with van der Waals surface area (Å²) in [5.41, 5.74) is 1.53. The lowest BCUT2D eigenvalue weighted by atomic mass is 10.1. The Hall–Kier alpha value is -1.99. The maximum absolute atomic E-state index is 12.3. The van der Waals surface area contributed by atoms with Crippen LogP contribution in [0.5, 0.6) is 5.75 Å². The van der Waals surface area contributed by atoms with E-state index in [0.29, 0.717) is 22.6 Å². The van der Waals surface area contributed by atoms with Crippen LogP contribution in [0, 0.1) is 6.92 Å². The molecule has 1 fully saturated rings. The summed E-state index contributed by atoms with van der Waals surface area (Å²) in [7, 11) is 0. The number of carbonyl (C=O) groups excluding carboxylic acids is 1. The Labute approximate surface area is 144 Å². The van der Waals surface area contributed by atoms with E-state index >= 15 is 0 Å². The van der Waals surface area contributed by atoms with Crippen LogP contribution >= 0.6 is 11.8 Å². The number of amides is 1. The monoisotopic (exact) mass is 348 g/mol. The number of thioether (sulfide) groups is 1. The van der Waals surface area contributed by atoms with E-state index in [1.807, 2.05) is 19.1 Å². The van der Waals surface area contributed by atoms with Crippen molar-refractivity contribution in [2.24, 2.45) is 0 Å². The van der Waals surface area contributed by atoms with Crippen molar-refractivity contribution >= 4 is 17.7 Å². The normalized spacial score (nSPS) is 17.7. The number of hydrogen-bond donors (Lipinski definition) is 2. The summed E-state index contributed by atoms with van der Waals surface area (Å²) in [6.45, 7) is 3.68. The highest BCUT2D eigenvalue weighted by Gasteiger charge is 2.35. The van der Waals surface area contributed by atoms with Crippen molar-refractivity contribution in [3.63, 3.8) is 0 Å². The predicted octanol–water partition coefficient (Wildman–Crippen LogP) is 2.52. The van der Waals surface area contributed by atoms with Crippen LogP contribution in [0.4, 0.5) is 0 Å². The van der Waals surface area contributed by atoms with Crippen molar-refractivity contribution in [1.82, 2.24) is 9.88 Å². The highest BCUT2D eigenvalue weighted by Crippen LogP contribution is 2.41. The molecule has 7 heteroatoms. The first-order chi connectivity index (χ1) is 11.5. The van der Waals surface area contributed by atoms with Crippen LogP contribution in [-0.4, -0.2) is 31.8 Å². The molecule has 1 aliphatic heterocycles. The highest BCUT2D eigenvalue weighted by molar-refractivity contribution is 8.00. The molecule has 1 aliphatic rings. The van der Waals surface area contributed by atoms with E-state index in [9.17, 15) is 15.0 Å². The van der Waals surface area contributed by atoms with Gasteiger partial charge in [-0.05, 0) is 19.1 Å². The number of rotatable bonds is 5. The number of aromatic nitrogens is 1. The van der Waals surface area contributed by atoms with Crippen molar-refractivity contribution in [1.29, 1.82) is 0 Å². The molecule has 1 amide bonds. The van der Waals surface area contributed by atoms with E-state index in [1.165, 1.54) is 18.0 Å². The van der Waals surface area contributed by atoms with Crippen LogP contribution in [0.15, 0.2) is 22.7 Å². The summed E-state index contributed by atoms with van der Waals surface area (Å²) in [6, 6.07) is 3.82. The highest BCUT2D eigenvalue weighted by atomic mass is 32.2. The molecule has 3 heterocycles. The van der Waals surface area contributed by atoms with Crippen molar-refractivity contribution < 1.29 is 19.4 Å². The zero-order chi connectivity index (χ0) is 17.3. The van der Waals surface area contributed by atoms with Gasteiger partial charge >= 0.3 is 0 Å². The molecule has 0 saturated carbocycles. The molecule has 0 bridgehead atoms. The number of nitrogens with zero attached hydrogens (tertiary/aromatic N) is 2. The summed E-state index contributed by atoms with van der Waals surface area (Å²) < 4.78 is 5.80. The standard InChI is InChI=1S/C17H20N2O4S/c1-3-12-4-5-14(23-12)17-19(15(21)9-24-17)7-13-11(8-20)6-18-10(2)16(13)22/h4-6,17,20,22H,3,7-9H2,1-2H3. The topological polar surface area (TPSA) is 86.8 Å². The fraction of sp³-hybridized carbons (Fsp3) is 0.412. The molecule has 6 nitrogen and oxygen atoms in total. The fourth-order valence-electron chi connectivity index (χ4n) is 2.75. The Bertz CT molecular complexity index is 759. The largest absolute Gasteiger partial charge is 0.506 e. The number of aromatic hydroxyl groups is 1. The summed E-state index contributed by atoms with van der Waals surface area (Å²) in [4.78, 5) is 18.1. The summed E-state index contributed by atoms with van der Waals surface area (Å²) in [5.74, 6) is 1.99. The van der Waals surface area contributed by atoms with Crippen molar-refractivity contribution in [3.05, 3.63) is 46.7 Å². The number of aryl methyl sites for hydroxylation is 2. The third kappa shape index (κ3) is 3.01. The van der Waals surface area contributed by atoms with Crippen LogP contribution in [0.3, 0.4) is 0 Å². The van der Waals surface area contributed by atoms with Gasteiger partial charge in [0.1, 0.15) is 22.6 Å². The molecular weight excluding hydrogens is 328 g/mol. The second-order valence-electron chi connectivity index (χ2n) is 5.70. The number of pyridine rings is 1. The van der Waals surface area contributed by atoms with E-state index < -0.39 is 0 Å². The molecule has 1 unspecified atom stereocenters. The second kappa shape index (κ2) is 6.86. The predicted molar refractivity (Wildman–Crippen MR) is 90.4 cm³/mol. The van der Waals surface area contributed by atoms with Crippen LogP contribution in [-0.2, 0) is 24.4 Å². The summed E-state index contributed by atoms with van der Waals surface area (Å²) in [5, 5.41) is 19.6. The summed E-state index contributed by atoms with van der Waals surface area (Å²) >= 11 is 1.50. The van der Waals surface area contributed by atoms with Gasteiger partial charge in [-0.1, -0.05) is 6.92 Å². The number of aliphatic hydroxyl groups excluding tert-OH is 1. The molecule has 0 aromatic carbocycles. The molecule has 2 aromatic rings. The molecular formula is C17H20N2O4S. The molecule has 0 radical (unpaired) electrons. The molecule has 0 aliphatic carbocycles. The maximum atomic E-state index is 12.3. The minimum Gasteiger partial charge on any atom is -0.506 e. The maximum Gasteiger partial charge on any atom is 0.234 e. The average molecular weight is 348 g/mol. The Balaban J connectivity index is 1.92. The van der Waals surface area contributed by atoms with Crippen LogP contribution in [0.25, 0.3) is 0 Å². The Kier molecular flexibility index (Phi) is 4.82. The van der Waals surface area contributed by atoms with Gasteiger partial charge < -0.3 is 19.5 Å². The lowest BCUT2D eigenvalue weighted by Crippen LogP contribution is -2.28. The molecule has 1 saturated heterocycles. The average Bonchev–Trinajstić information content (AvgIpc) is 3.19. The molecule has 0 spiro atoms. The fourth-order valence-corrected chi connectivity index (χ4v) is 3.87. The third-order valence-corrected chi connectivity index (χ3v) is 5.39. The van der Waals surface area contributed by atoms with Gasteiger partial charge in [-0.2, -0.15) is 0 Å². The lowest BCUT2D eigenvalue weighted by Gasteiger charge is -2.24. The van der Waals surface area contributed by atoms with Gasteiger partial charge in [0.15, 0.2) is 0 Å². The third-order valence-electron chi connectivity index (χ3n) is 4.17. The van der Waals surface area contributed by atoms with E-state index in [-0.39, 0.29) is 30.2 Å². The molecule has 3 rings (SSSR count). The van der Waals surface area contributed by atoms with Gasteiger partial charge in [0.25, 0.3) is 0 Å². The van der Waals surface area contributed by atoms with Crippen molar-refractivity contribution in [3.8, 4) is 5.75 Å². The number of carbonyl (C=O) groups is 1. The Morgan fingerprint density at radius 3 is 2.92 bits per heavy atom.